The molecule has 2 aromatic heterocycles. The van der Waals surface area contributed by atoms with Crippen LogP contribution in [0.15, 0.2) is 42.9 Å². The summed E-state index contributed by atoms with van der Waals surface area (Å²) in [4.78, 5) is 8.56. The Morgan fingerprint density at radius 2 is 2.06 bits per heavy atom. The molecule has 0 saturated carbocycles. The van der Waals surface area contributed by atoms with Crippen molar-refractivity contribution in [3.8, 4) is 5.69 Å². The number of imidazole rings is 1. The Kier molecular flexibility index (Phi) is 2.23. The molecule has 17 heavy (non-hydrogen) atoms. The highest BCUT2D eigenvalue weighted by Gasteiger charge is 2.08. The number of fused-ring (bicyclic) bond motifs is 1. The van der Waals surface area contributed by atoms with E-state index in [1.54, 1.807) is 24.7 Å². The molecule has 0 saturated heterocycles. The highest BCUT2D eigenvalue weighted by Crippen LogP contribution is 2.25. The zero-order valence-corrected chi connectivity index (χ0v) is 9.59. The van der Waals surface area contributed by atoms with Crippen LogP contribution in [0.2, 0.25) is 5.02 Å². The van der Waals surface area contributed by atoms with Crippen LogP contribution in [0.25, 0.3) is 16.9 Å². The third-order valence-corrected chi connectivity index (χ3v) is 2.84. The van der Waals surface area contributed by atoms with E-state index in [4.69, 9.17) is 17.3 Å². The topological polar surface area (TPSA) is 56.7 Å². The summed E-state index contributed by atoms with van der Waals surface area (Å²) in [7, 11) is 0. The third kappa shape index (κ3) is 1.62. The van der Waals surface area contributed by atoms with Gasteiger partial charge in [0.05, 0.1) is 10.7 Å². The molecular formula is C12H9ClN4. The molecule has 0 unspecified atom stereocenters. The Bertz CT molecular complexity index is 690. The third-order valence-electron chi connectivity index (χ3n) is 2.54. The van der Waals surface area contributed by atoms with Crippen LogP contribution in [0.4, 0.5) is 5.69 Å². The molecule has 0 spiro atoms. The number of aromatic nitrogens is 3. The molecule has 3 rings (SSSR count). The lowest BCUT2D eigenvalue weighted by atomic mass is 10.3. The van der Waals surface area contributed by atoms with Gasteiger partial charge in [0.1, 0.15) is 11.8 Å². The van der Waals surface area contributed by atoms with Crippen LogP contribution < -0.4 is 5.73 Å². The van der Waals surface area contributed by atoms with E-state index in [0.717, 1.165) is 16.9 Å². The summed E-state index contributed by atoms with van der Waals surface area (Å²) >= 11 is 6.16. The molecule has 2 N–H and O–H groups in total. The normalized spacial score (nSPS) is 10.9. The Morgan fingerprint density at radius 1 is 1.18 bits per heavy atom. The van der Waals surface area contributed by atoms with E-state index >= 15 is 0 Å². The monoisotopic (exact) mass is 244 g/mol. The van der Waals surface area contributed by atoms with Crippen LogP contribution in [-0.2, 0) is 0 Å². The van der Waals surface area contributed by atoms with Crippen molar-refractivity contribution >= 4 is 28.5 Å². The summed E-state index contributed by atoms with van der Waals surface area (Å²) in [5.74, 6) is 0. The summed E-state index contributed by atoms with van der Waals surface area (Å²) in [5, 5.41) is 0.579. The quantitative estimate of drug-likeness (QED) is 0.670. The molecule has 0 aliphatic rings. The maximum atomic E-state index is 6.16. The molecule has 2 heterocycles. The van der Waals surface area contributed by atoms with Crippen LogP contribution in [-0.4, -0.2) is 14.5 Å². The van der Waals surface area contributed by atoms with Crippen LogP contribution in [0, 0.1) is 0 Å². The van der Waals surface area contributed by atoms with E-state index in [1.807, 2.05) is 22.8 Å². The number of hydrogen-bond donors (Lipinski definition) is 1. The van der Waals surface area contributed by atoms with Gasteiger partial charge in [-0.25, -0.2) is 9.97 Å². The number of pyridine rings is 1. The number of nitrogens with zero attached hydrogens (tertiary/aromatic N) is 3. The van der Waals surface area contributed by atoms with Gasteiger partial charge in [0.2, 0.25) is 0 Å². The number of nitrogens with two attached hydrogens (primary N) is 1. The van der Waals surface area contributed by atoms with Crippen molar-refractivity contribution in [3.63, 3.8) is 0 Å². The number of benzene rings is 1. The fourth-order valence-corrected chi connectivity index (χ4v) is 2.02. The average molecular weight is 245 g/mol. The molecule has 1 aromatic carbocycles. The van der Waals surface area contributed by atoms with Gasteiger partial charge in [0, 0.05) is 11.9 Å². The molecule has 0 bridgehead atoms. The van der Waals surface area contributed by atoms with Crippen molar-refractivity contribution in [3.05, 3.63) is 47.9 Å². The fourth-order valence-electron chi connectivity index (χ4n) is 1.74. The van der Waals surface area contributed by atoms with E-state index in [9.17, 15) is 0 Å². The van der Waals surface area contributed by atoms with Crippen LogP contribution in [0.3, 0.4) is 0 Å². The number of rotatable bonds is 1. The minimum atomic E-state index is 0.579. The van der Waals surface area contributed by atoms with Gasteiger partial charge in [0.25, 0.3) is 0 Å². The average Bonchev–Trinajstić information content (AvgIpc) is 2.73. The highest BCUT2D eigenvalue weighted by atomic mass is 35.5. The van der Waals surface area contributed by atoms with Crippen molar-refractivity contribution in [2.75, 3.05) is 5.73 Å². The summed E-state index contributed by atoms with van der Waals surface area (Å²) in [6.45, 7) is 0. The Labute approximate surface area is 103 Å². The number of nitrogen functional groups attached to an aromatic ring is 1. The van der Waals surface area contributed by atoms with E-state index < -0.39 is 0 Å². The van der Waals surface area contributed by atoms with Crippen molar-refractivity contribution in [2.24, 2.45) is 0 Å². The molecule has 0 atom stereocenters. The zero-order chi connectivity index (χ0) is 11.8. The van der Waals surface area contributed by atoms with E-state index in [-0.39, 0.29) is 0 Å². The lowest BCUT2D eigenvalue weighted by molar-refractivity contribution is 1.07. The van der Waals surface area contributed by atoms with Gasteiger partial charge in [-0.05, 0) is 30.3 Å². The van der Waals surface area contributed by atoms with Gasteiger partial charge >= 0.3 is 0 Å². The molecule has 0 radical (unpaired) electrons. The van der Waals surface area contributed by atoms with Gasteiger partial charge in [-0.1, -0.05) is 11.6 Å². The number of halogens is 1. The predicted octanol–water partition coefficient (Wildman–Crippen LogP) is 2.66. The summed E-state index contributed by atoms with van der Waals surface area (Å²) < 4.78 is 1.84. The smallest absolute Gasteiger partial charge is 0.164 e. The largest absolute Gasteiger partial charge is 0.399 e. The molecule has 3 aromatic rings. The van der Waals surface area contributed by atoms with Gasteiger partial charge in [-0.15, -0.1) is 0 Å². The molecular weight excluding hydrogens is 236 g/mol. The Balaban J connectivity index is 2.27. The maximum Gasteiger partial charge on any atom is 0.164 e. The number of hydrogen-bond acceptors (Lipinski definition) is 3. The van der Waals surface area contributed by atoms with Gasteiger partial charge in [-0.2, -0.15) is 0 Å². The van der Waals surface area contributed by atoms with Crippen LogP contribution in [0.1, 0.15) is 0 Å². The molecule has 84 valence electrons. The van der Waals surface area contributed by atoms with Crippen molar-refractivity contribution in [1.29, 1.82) is 0 Å². The molecule has 4 nitrogen and oxygen atoms in total. The Morgan fingerprint density at radius 3 is 2.88 bits per heavy atom. The standard InChI is InChI=1S/C12H9ClN4/c13-9-6-8(14)3-4-11(9)17-7-16-10-2-1-5-15-12(10)17/h1-7H,14H2. The predicted molar refractivity (Wildman–Crippen MR) is 68.3 cm³/mol. The SMILES string of the molecule is Nc1ccc(-n2cnc3cccnc32)c(Cl)c1. The fraction of sp³-hybridized carbons (Fsp3) is 0. The second-order valence-electron chi connectivity index (χ2n) is 3.67. The van der Waals surface area contributed by atoms with Crippen molar-refractivity contribution < 1.29 is 0 Å². The van der Waals surface area contributed by atoms with Crippen molar-refractivity contribution in [1.82, 2.24) is 14.5 Å². The summed E-state index contributed by atoms with van der Waals surface area (Å²) in [6.07, 6.45) is 3.43. The van der Waals surface area contributed by atoms with Crippen molar-refractivity contribution in [2.45, 2.75) is 0 Å². The second kappa shape index (κ2) is 3.75. The first-order chi connectivity index (χ1) is 8.25. The van der Waals surface area contributed by atoms with E-state index in [1.165, 1.54) is 0 Å². The van der Waals surface area contributed by atoms with Gasteiger partial charge in [-0.3, -0.25) is 4.57 Å². The number of anilines is 1. The van der Waals surface area contributed by atoms with Gasteiger partial charge < -0.3 is 5.73 Å². The minimum absolute atomic E-state index is 0.579. The minimum Gasteiger partial charge on any atom is -0.399 e. The zero-order valence-electron chi connectivity index (χ0n) is 8.84. The molecule has 5 heteroatoms. The van der Waals surface area contributed by atoms with Crippen LogP contribution >= 0.6 is 11.6 Å². The van der Waals surface area contributed by atoms with Crippen LogP contribution in [0.5, 0.6) is 0 Å². The lowest BCUT2D eigenvalue weighted by Gasteiger charge is -2.06. The van der Waals surface area contributed by atoms with E-state index in [0.29, 0.717) is 10.7 Å². The molecule has 0 fully saturated rings. The molecule has 0 aliphatic heterocycles. The summed E-state index contributed by atoms with van der Waals surface area (Å²) in [6, 6.07) is 9.13. The Hall–Kier alpha value is -2.07. The first-order valence-electron chi connectivity index (χ1n) is 5.09. The highest BCUT2D eigenvalue weighted by molar-refractivity contribution is 6.32. The lowest BCUT2D eigenvalue weighted by Crippen LogP contribution is -1.95. The first kappa shape index (κ1) is 10.1. The first-order valence-corrected chi connectivity index (χ1v) is 5.47. The molecule has 0 aliphatic carbocycles. The van der Waals surface area contributed by atoms with E-state index in [2.05, 4.69) is 9.97 Å². The molecule has 0 amide bonds. The second-order valence-corrected chi connectivity index (χ2v) is 4.08. The van der Waals surface area contributed by atoms with Gasteiger partial charge in [0.15, 0.2) is 5.65 Å². The maximum absolute atomic E-state index is 6.16. The summed E-state index contributed by atoms with van der Waals surface area (Å²) in [5.41, 5.74) is 8.74.